The maximum absolute atomic E-state index is 11.8. The number of nitrogens with one attached hydrogen (secondary N) is 1. The first-order chi connectivity index (χ1) is 9.29. The van der Waals surface area contributed by atoms with Crippen LogP contribution in [0.15, 0.2) is 18.5 Å². The van der Waals surface area contributed by atoms with Gasteiger partial charge in [0.2, 0.25) is 10.0 Å². The largest absolute Gasteiger partial charge is 0.267 e. The standard InChI is InChI=1S/C12H17N5O2S/c1-8(2)20(18,19)16-11-6-12(14-7-13-11)17-10(4)5-9(3)15-17/h5-8H,1-4H3,(H,13,14,16). The molecule has 2 aromatic rings. The molecule has 20 heavy (non-hydrogen) atoms. The highest BCUT2D eigenvalue weighted by molar-refractivity contribution is 7.93. The van der Waals surface area contributed by atoms with Crippen molar-refractivity contribution >= 4 is 15.8 Å². The molecule has 2 aromatic heterocycles. The van der Waals surface area contributed by atoms with Gasteiger partial charge in [-0.1, -0.05) is 0 Å². The van der Waals surface area contributed by atoms with E-state index in [4.69, 9.17) is 0 Å². The second kappa shape index (κ2) is 5.20. The molecule has 0 aliphatic rings. The zero-order valence-electron chi connectivity index (χ0n) is 11.8. The van der Waals surface area contributed by atoms with Crippen molar-refractivity contribution < 1.29 is 8.42 Å². The summed E-state index contributed by atoms with van der Waals surface area (Å²) in [7, 11) is -3.43. The third-order valence-corrected chi connectivity index (χ3v) is 4.48. The maximum atomic E-state index is 11.8. The molecule has 7 nitrogen and oxygen atoms in total. The van der Waals surface area contributed by atoms with E-state index in [0.717, 1.165) is 11.4 Å². The Morgan fingerprint density at radius 3 is 2.45 bits per heavy atom. The van der Waals surface area contributed by atoms with Gasteiger partial charge in [0.1, 0.15) is 12.1 Å². The highest BCUT2D eigenvalue weighted by atomic mass is 32.2. The van der Waals surface area contributed by atoms with Crippen LogP contribution in [0, 0.1) is 13.8 Å². The van der Waals surface area contributed by atoms with Crippen LogP contribution in [-0.4, -0.2) is 33.4 Å². The van der Waals surface area contributed by atoms with Crippen molar-refractivity contribution in [1.29, 1.82) is 0 Å². The molecule has 0 saturated carbocycles. The Labute approximate surface area is 118 Å². The second-order valence-electron chi connectivity index (χ2n) is 4.80. The first kappa shape index (κ1) is 14.4. The van der Waals surface area contributed by atoms with Crippen LogP contribution in [0.1, 0.15) is 25.2 Å². The van der Waals surface area contributed by atoms with Gasteiger partial charge in [-0.2, -0.15) is 5.10 Å². The first-order valence-corrected chi connectivity index (χ1v) is 7.71. The fraction of sp³-hybridized carbons (Fsp3) is 0.417. The highest BCUT2D eigenvalue weighted by Gasteiger charge is 2.17. The number of nitrogens with zero attached hydrogens (tertiary/aromatic N) is 4. The molecule has 0 atom stereocenters. The fourth-order valence-corrected chi connectivity index (χ4v) is 2.28. The monoisotopic (exact) mass is 295 g/mol. The van der Waals surface area contributed by atoms with E-state index in [1.807, 2.05) is 19.9 Å². The van der Waals surface area contributed by atoms with Crippen LogP contribution in [0.3, 0.4) is 0 Å². The molecule has 0 radical (unpaired) electrons. The van der Waals surface area contributed by atoms with Gasteiger partial charge in [0.25, 0.3) is 0 Å². The molecule has 0 fully saturated rings. The molecule has 2 heterocycles. The summed E-state index contributed by atoms with van der Waals surface area (Å²) in [6.45, 7) is 6.99. The van der Waals surface area contributed by atoms with Crippen LogP contribution in [0.5, 0.6) is 0 Å². The molecular weight excluding hydrogens is 278 g/mol. The number of aryl methyl sites for hydroxylation is 2. The lowest BCUT2D eigenvalue weighted by Crippen LogP contribution is -2.23. The quantitative estimate of drug-likeness (QED) is 0.921. The molecule has 0 bridgehead atoms. The Morgan fingerprint density at radius 2 is 1.90 bits per heavy atom. The summed E-state index contributed by atoms with van der Waals surface area (Å²) in [6.07, 6.45) is 1.31. The molecule has 1 N–H and O–H groups in total. The molecular formula is C12H17N5O2S. The molecule has 0 aliphatic carbocycles. The summed E-state index contributed by atoms with van der Waals surface area (Å²) < 4.78 is 27.7. The number of anilines is 1. The van der Waals surface area contributed by atoms with E-state index in [2.05, 4.69) is 19.8 Å². The van der Waals surface area contributed by atoms with Crippen molar-refractivity contribution in [2.24, 2.45) is 0 Å². The average molecular weight is 295 g/mol. The SMILES string of the molecule is Cc1cc(C)n(-c2cc(NS(=O)(=O)C(C)C)ncn2)n1. The summed E-state index contributed by atoms with van der Waals surface area (Å²) in [5.74, 6) is 0.753. The van der Waals surface area contributed by atoms with E-state index in [1.54, 1.807) is 24.6 Å². The maximum Gasteiger partial charge on any atom is 0.236 e. The minimum Gasteiger partial charge on any atom is -0.267 e. The van der Waals surface area contributed by atoms with Crippen molar-refractivity contribution in [2.45, 2.75) is 32.9 Å². The normalized spacial score (nSPS) is 11.8. The summed E-state index contributed by atoms with van der Waals surface area (Å²) in [4.78, 5) is 8.04. The van der Waals surface area contributed by atoms with E-state index in [9.17, 15) is 8.42 Å². The zero-order valence-corrected chi connectivity index (χ0v) is 12.6. The molecule has 0 saturated heterocycles. The van der Waals surface area contributed by atoms with Gasteiger partial charge in [-0.25, -0.2) is 23.1 Å². The minimum absolute atomic E-state index is 0.233. The molecule has 0 aromatic carbocycles. The second-order valence-corrected chi connectivity index (χ2v) is 7.03. The van der Waals surface area contributed by atoms with Crippen LogP contribution in [0.2, 0.25) is 0 Å². The molecule has 0 unspecified atom stereocenters. The lowest BCUT2D eigenvalue weighted by molar-refractivity contribution is 0.592. The van der Waals surface area contributed by atoms with Crippen molar-refractivity contribution in [1.82, 2.24) is 19.7 Å². The Balaban J connectivity index is 2.36. The number of hydrogen-bond acceptors (Lipinski definition) is 5. The van der Waals surface area contributed by atoms with E-state index in [-0.39, 0.29) is 5.82 Å². The van der Waals surface area contributed by atoms with Crippen molar-refractivity contribution in [2.75, 3.05) is 4.72 Å². The highest BCUT2D eigenvalue weighted by Crippen LogP contribution is 2.14. The molecule has 0 amide bonds. The first-order valence-electron chi connectivity index (χ1n) is 6.17. The molecule has 0 aliphatic heterocycles. The van der Waals surface area contributed by atoms with Gasteiger partial charge in [0, 0.05) is 11.8 Å². The van der Waals surface area contributed by atoms with Gasteiger partial charge in [0.05, 0.1) is 10.9 Å². The number of hydrogen-bond donors (Lipinski definition) is 1. The number of rotatable bonds is 4. The Morgan fingerprint density at radius 1 is 1.20 bits per heavy atom. The summed E-state index contributed by atoms with van der Waals surface area (Å²) in [6, 6.07) is 3.47. The predicted molar refractivity (Wildman–Crippen MR) is 76.3 cm³/mol. The average Bonchev–Trinajstić information content (AvgIpc) is 2.68. The number of sulfonamides is 1. The van der Waals surface area contributed by atoms with E-state index in [0.29, 0.717) is 5.82 Å². The Hall–Kier alpha value is -1.96. The third kappa shape index (κ3) is 2.96. The lowest BCUT2D eigenvalue weighted by atomic mass is 10.4. The predicted octanol–water partition coefficient (Wildman–Crippen LogP) is 1.43. The van der Waals surface area contributed by atoms with E-state index < -0.39 is 15.3 Å². The van der Waals surface area contributed by atoms with Gasteiger partial charge in [-0.15, -0.1) is 0 Å². The minimum atomic E-state index is -3.43. The molecule has 2 rings (SSSR count). The smallest absolute Gasteiger partial charge is 0.236 e. The molecule has 8 heteroatoms. The van der Waals surface area contributed by atoms with Crippen molar-refractivity contribution in [3.05, 3.63) is 29.8 Å². The summed E-state index contributed by atoms with van der Waals surface area (Å²) in [5.41, 5.74) is 1.78. The van der Waals surface area contributed by atoms with Crippen LogP contribution in [-0.2, 0) is 10.0 Å². The van der Waals surface area contributed by atoms with Crippen LogP contribution >= 0.6 is 0 Å². The van der Waals surface area contributed by atoms with Gasteiger partial charge in [-0.05, 0) is 33.8 Å². The fourth-order valence-electron chi connectivity index (χ4n) is 1.64. The van der Waals surface area contributed by atoms with Gasteiger partial charge < -0.3 is 0 Å². The van der Waals surface area contributed by atoms with Crippen molar-refractivity contribution in [3.63, 3.8) is 0 Å². The summed E-state index contributed by atoms with van der Waals surface area (Å²) in [5, 5.41) is 3.77. The van der Waals surface area contributed by atoms with Gasteiger partial charge in [0.15, 0.2) is 5.82 Å². The lowest BCUT2D eigenvalue weighted by Gasteiger charge is -2.10. The van der Waals surface area contributed by atoms with E-state index >= 15 is 0 Å². The van der Waals surface area contributed by atoms with E-state index in [1.165, 1.54) is 6.33 Å². The summed E-state index contributed by atoms with van der Waals surface area (Å²) >= 11 is 0. The third-order valence-electron chi connectivity index (χ3n) is 2.75. The topological polar surface area (TPSA) is 89.8 Å². The van der Waals surface area contributed by atoms with Gasteiger partial charge >= 0.3 is 0 Å². The number of aromatic nitrogens is 4. The molecule has 0 spiro atoms. The van der Waals surface area contributed by atoms with Crippen LogP contribution < -0.4 is 4.72 Å². The zero-order chi connectivity index (χ0) is 14.9. The van der Waals surface area contributed by atoms with Crippen LogP contribution in [0.4, 0.5) is 5.82 Å². The Bertz CT molecular complexity index is 721. The molecule has 108 valence electrons. The van der Waals surface area contributed by atoms with Gasteiger partial charge in [-0.3, -0.25) is 4.72 Å². The van der Waals surface area contributed by atoms with Crippen molar-refractivity contribution in [3.8, 4) is 5.82 Å². The van der Waals surface area contributed by atoms with Crippen LogP contribution in [0.25, 0.3) is 5.82 Å². The Kier molecular flexibility index (Phi) is 3.76.